The van der Waals surface area contributed by atoms with Crippen molar-refractivity contribution in [2.45, 2.75) is 13.8 Å². The van der Waals surface area contributed by atoms with Gasteiger partial charge >= 0.3 is 0 Å². The van der Waals surface area contributed by atoms with Crippen LogP contribution >= 0.6 is 11.3 Å². The van der Waals surface area contributed by atoms with E-state index >= 15 is 0 Å². The highest BCUT2D eigenvalue weighted by Gasteiger charge is 2.20. The molecule has 0 saturated carbocycles. The first kappa shape index (κ1) is 21.5. The number of anilines is 2. The van der Waals surface area contributed by atoms with Crippen molar-refractivity contribution in [3.63, 3.8) is 0 Å². The molecule has 0 saturated heterocycles. The average Bonchev–Trinajstić information content (AvgIpc) is 3.45. The van der Waals surface area contributed by atoms with E-state index in [1.165, 1.54) is 0 Å². The molecule has 1 aromatic carbocycles. The Hall–Kier alpha value is -4.37. The van der Waals surface area contributed by atoms with E-state index in [0.717, 1.165) is 9.75 Å². The minimum atomic E-state index is -0.328. The van der Waals surface area contributed by atoms with E-state index < -0.39 is 0 Å². The van der Waals surface area contributed by atoms with Crippen LogP contribution < -0.4 is 10.6 Å². The summed E-state index contributed by atoms with van der Waals surface area (Å²) < 4.78 is 5.38. The van der Waals surface area contributed by atoms with Crippen LogP contribution in [0.4, 0.5) is 11.4 Å². The average molecular weight is 470 g/mol. The first-order valence-electron chi connectivity index (χ1n) is 10.4. The summed E-state index contributed by atoms with van der Waals surface area (Å²) >= 11 is 1.59. The highest BCUT2D eigenvalue weighted by atomic mass is 32.1. The maximum atomic E-state index is 13.3. The van der Waals surface area contributed by atoms with Gasteiger partial charge in [-0.25, -0.2) is 4.98 Å². The van der Waals surface area contributed by atoms with Crippen LogP contribution in [0.5, 0.6) is 0 Å². The lowest BCUT2D eigenvalue weighted by atomic mass is 10.1. The molecule has 5 aromatic rings. The zero-order valence-corrected chi connectivity index (χ0v) is 19.1. The number of nitrogens with zero attached hydrogens (tertiary/aromatic N) is 3. The SMILES string of the molecule is Cc1ccc(-c2cc(C(=O)Nc3cccc(NC(=O)c4ccncc4)c3)c3c(C)noc3n2)s1. The number of rotatable bonds is 5. The van der Waals surface area contributed by atoms with Crippen LogP contribution in [0.3, 0.4) is 0 Å². The van der Waals surface area contributed by atoms with Crippen LogP contribution in [0, 0.1) is 13.8 Å². The number of hydrogen-bond donors (Lipinski definition) is 2. The predicted octanol–water partition coefficient (Wildman–Crippen LogP) is 5.47. The second-order valence-corrected chi connectivity index (χ2v) is 8.93. The van der Waals surface area contributed by atoms with Gasteiger partial charge in [-0.1, -0.05) is 11.2 Å². The van der Waals surface area contributed by atoms with E-state index in [1.807, 2.05) is 19.1 Å². The Labute approximate surface area is 198 Å². The number of amides is 2. The predicted molar refractivity (Wildman–Crippen MR) is 131 cm³/mol. The van der Waals surface area contributed by atoms with Gasteiger partial charge in [-0.15, -0.1) is 11.3 Å². The first-order chi connectivity index (χ1) is 16.5. The summed E-state index contributed by atoms with van der Waals surface area (Å²) in [6, 6.07) is 15.9. The number of nitrogens with one attached hydrogen (secondary N) is 2. The molecular formula is C25H19N5O3S. The van der Waals surface area contributed by atoms with E-state index in [2.05, 4.69) is 25.8 Å². The second kappa shape index (κ2) is 8.87. The number of benzene rings is 1. The maximum absolute atomic E-state index is 13.3. The van der Waals surface area contributed by atoms with Crippen molar-refractivity contribution in [3.05, 3.63) is 88.7 Å². The van der Waals surface area contributed by atoms with Crippen molar-refractivity contribution in [1.82, 2.24) is 15.1 Å². The van der Waals surface area contributed by atoms with Crippen LogP contribution in [-0.4, -0.2) is 26.9 Å². The number of carbonyl (C=O) groups excluding carboxylic acids is 2. The normalized spacial score (nSPS) is 10.9. The van der Waals surface area contributed by atoms with Gasteiger partial charge in [0.05, 0.1) is 27.2 Å². The number of hydrogen-bond acceptors (Lipinski definition) is 7. The molecule has 0 aliphatic carbocycles. The fourth-order valence-electron chi connectivity index (χ4n) is 3.55. The smallest absolute Gasteiger partial charge is 0.259 e. The highest BCUT2D eigenvalue weighted by Crippen LogP contribution is 2.31. The lowest BCUT2D eigenvalue weighted by Crippen LogP contribution is -2.14. The Bertz CT molecular complexity index is 1520. The van der Waals surface area contributed by atoms with Crippen LogP contribution in [0.25, 0.3) is 21.7 Å². The number of aryl methyl sites for hydroxylation is 2. The Kier molecular flexibility index (Phi) is 5.60. The topological polar surface area (TPSA) is 110 Å². The van der Waals surface area contributed by atoms with E-state index in [4.69, 9.17) is 4.52 Å². The third-order valence-electron chi connectivity index (χ3n) is 5.18. The molecule has 9 heteroatoms. The van der Waals surface area contributed by atoms with Crippen molar-refractivity contribution >= 4 is 45.6 Å². The third kappa shape index (κ3) is 4.28. The van der Waals surface area contributed by atoms with Crippen molar-refractivity contribution in [2.75, 3.05) is 10.6 Å². The molecule has 0 spiro atoms. The highest BCUT2D eigenvalue weighted by molar-refractivity contribution is 7.15. The van der Waals surface area contributed by atoms with Crippen molar-refractivity contribution < 1.29 is 14.1 Å². The summed E-state index contributed by atoms with van der Waals surface area (Å²) in [4.78, 5) is 36.3. The Morgan fingerprint density at radius 1 is 0.912 bits per heavy atom. The van der Waals surface area contributed by atoms with Gasteiger partial charge in [-0.3, -0.25) is 14.6 Å². The van der Waals surface area contributed by atoms with Gasteiger partial charge in [-0.2, -0.15) is 0 Å². The molecule has 168 valence electrons. The molecule has 0 unspecified atom stereocenters. The molecule has 0 aliphatic rings. The second-order valence-electron chi connectivity index (χ2n) is 7.64. The largest absolute Gasteiger partial charge is 0.335 e. The molecule has 0 fully saturated rings. The van der Waals surface area contributed by atoms with Gasteiger partial charge < -0.3 is 15.2 Å². The molecular weight excluding hydrogens is 450 g/mol. The van der Waals surface area contributed by atoms with Gasteiger partial charge in [0.15, 0.2) is 0 Å². The number of thiophene rings is 1. The molecule has 5 rings (SSSR count). The van der Waals surface area contributed by atoms with Gasteiger partial charge in [0.1, 0.15) is 0 Å². The lowest BCUT2D eigenvalue weighted by Gasteiger charge is -2.10. The molecule has 4 heterocycles. The summed E-state index contributed by atoms with van der Waals surface area (Å²) in [5.74, 6) is -0.594. The lowest BCUT2D eigenvalue weighted by molar-refractivity contribution is 0.102. The number of carbonyl (C=O) groups is 2. The molecule has 4 aromatic heterocycles. The standard InChI is InChI=1S/C25H19N5O3S/c1-14-6-7-21(34-14)20-13-19(22-15(2)30-33-25(22)29-20)24(32)28-18-5-3-4-17(12-18)27-23(31)16-8-10-26-11-9-16/h3-13H,1-2H3,(H,27,31)(H,28,32). The van der Waals surface area contributed by atoms with Crippen molar-refractivity contribution in [3.8, 4) is 10.6 Å². The Morgan fingerprint density at radius 2 is 1.65 bits per heavy atom. The fourth-order valence-corrected chi connectivity index (χ4v) is 4.38. The molecule has 0 aliphatic heterocycles. The minimum Gasteiger partial charge on any atom is -0.335 e. The van der Waals surface area contributed by atoms with Crippen molar-refractivity contribution in [2.24, 2.45) is 0 Å². The van der Waals surface area contributed by atoms with Gasteiger partial charge in [-0.05, 0) is 62.4 Å². The molecule has 8 nitrogen and oxygen atoms in total. The molecule has 0 radical (unpaired) electrons. The summed E-state index contributed by atoms with van der Waals surface area (Å²) in [7, 11) is 0. The molecule has 34 heavy (non-hydrogen) atoms. The number of pyridine rings is 2. The van der Waals surface area contributed by atoms with Gasteiger partial charge in [0.25, 0.3) is 17.5 Å². The molecule has 0 bridgehead atoms. The Morgan fingerprint density at radius 3 is 2.35 bits per heavy atom. The number of aromatic nitrogens is 3. The van der Waals surface area contributed by atoms with E-state index in [-0.39, 0.29) is 11.8 Å². The quantitative estimate of drug-likeness (QED) is 0.353. The van der Waals surface area contributed by atoms with Crippen LogP contribution in [0.2, 0.25) is 0 Å². The third-order valence-corrected chi connectivity index (χ3v) is 6.20. The minimum absolute atomic E-state index is 0.266. The van der Waals surface area contributed by atoms with Crippen LogP contribution in [0.1, 0.15) is 31.3 Å². The molecule has 0 atom stereocenters. The zero-order valence-electron chi connectivity index (χ0n) is 18.3. The summed E-state index contributed by atoms with van der Waals surface area (Å²) in [5.41, 5.74) is 3.52. The number of fused-ring (bicyclic) bond motifs is 1. The maximum Gasteiger partial charge on any atom is 0.259 e. The monoisotopic (exact) mass is 469 g/mol. The Balaban J connectivity index is 1.43. The summed E-state index contributed by atoms with van der Waals surface area (Å²) in [5, 5.41) is 10.3. The van der Waals surface area contributed by atoms with Crippen molar-refractivity contribution in [1.29, 1.82) is 0 Å². The summed E-state index contributed by atoms with van der Waals surface area (Å²) in [6.07, 6.45) is 3.11. The van der Waals surface area contributed by atoms with E-state index in [9.17, 15) is 9.59 Å². The van der Waals surface area contributed by atoms with Crippen LogP contribution in [0.15, 0.2) is 71.5 Å². The first-order valence-corrected chi connectivity index (χ1v) is 11.3. The van der Waals surface area contributed by atoms with E-state index in [0.29, 0.717) is 45.0 Å². The summed E-state index contributed by atoms with van der Waals surface area (Å²) in [6.45, 7) is 3.79. The molecule has 2 N–H and O–H groups in total. The van der Waals surface area contributed by atoms with Crippen LogP contribution in [-0.2, 0) is 0 Å². The zero-order chi connectivity index (χ0) is 23.7. The van der Waals surface area contributed by atoms with E-state index in [1.54, 1.807) is 73.1 Å². The van der Waals surface area contributed by atoms with Gasteiger partial charge in [0.2, 0.25) is 0 Å². The molecule has 2 amide bonds. The fraction of sp³-hybridized carbons (Fsp3) is 0.0800. The van der Waals surface area contributed by atoms with Gasteiger partial charge in [0, 0.05) is 34.2 Å².